The van der Waals surface area contributed by atoms with Gasteiger partial charge in [0.05, 0.1) is 7.11 Å². The number of ether oxygens (including phenoxy) is 2. The number of aryl methyl sites for hydroxylation is 1. The van der Waals surface area contributed by atoms with Crippen molar-refractivity contribution in [3.05, 3.63) is 95.6 Å². The van der Waals surface area contributed by atoms with Gasteiger partial charge in [0.1, 0.15) is 23.4 Å². The standard InChI is InChI=1S/C34H43N3O5/c1-7-22-37(32(39)29(23-25-12-10-9-11-13-25)36-33(40)42-34(3,4)5)30(26-16-14-24(8-2)15-17-26)31(38)35-27-18-20-28(41-6)21-19-27/h9-21,29-30H,7-8,22-23H2,1-6H3,(H,35,38)(H,36,40). The van der Waals surface area contributed by atoms with Gasteiger partial charge >= 0.3 is 6.09 Å². The highest BCUT2D eigenvalue weighted by molar-refractivity contribution is 5.99. The van der Waals surface area contributed by atoms with Crippen molar-refractivity contribution in [1.29, 1.82) is 0 Å². The lowest BCUT2D eigenvalue weighted by molar-refractivity contribution is -0.140. The molecule has 0 radical (unpaired) electrons. The normalized spacial score (nSPS) is 12.5. The van der Waals surface area contributed by atoms with Crippen LogP contribution in [0.2, 0.25) is 0 Å². The quantitative estimate of drug-likeness (QED) is 0.265. The smallest absolute Gasteiger partial charge is 0.408 e. The highest BCUT2D eigenvalue weighted by Crippen LogP contribution is 2.26. The van der Waals surface area contributed by atoms with E-state index in [0.29, 0.717) is 30.0 Å². The first kappa shape index (κ1) is 32.2. The number of nitrogens with one attached hydrogen (secondary N) is 2. The molecule has 3 aromatic carbocycles. The molecule has 2 unspecified atom stereocenters. The Morgan fingerprint density at radius 3 is 2.05 bits per heavy atom. The van der Waals surface area contributed by atoms with E-state index in [2.05, 4.69) is 17.6 Å². The van der Waals surface area contributed by atoms with E-state index in [0.717, 1.165) is 17.5 Å². The highest BCUT2D eigenvalue weighted by atomic mass is 16.6. The second kappa shape index (κ2) is 15.1. The van der Waals surface area contributed by atoms with Gasteiger partial charge in [0.2, 0.25) is 5.91 Å². The van der Waals surface area contributed by atoms with Crippen LogP contribution >= 0.6 is 0 Å². The van der Waals surface area contributed by atoms with Crippen LogP contribution in [0, 0.1) is 0 Å². The molecule has 0 aliphatic rings. The molecule has 0 saturated heterocycles. The molecule has 42 heavy (non-hydrogen) atoms. The third-order valence-electron chi connectivity index (χ3n) is 6.64. The van der Waals surface area contributed by atoms with Crippen LogP contribution in [0.1, 0.15) is 63.8 Å². The SMILES string of the molecule is CCCN(C(=O)C(Cc1ccccc1)NC(=O)OC(C)(C)C)C(C(=O)Nc1ccc(OC)cc1)c1ccc(CC)cc1. The molecule has 3 amide bonds. The summed E-state index contributed by atoms with van der Waals surface area (Å²) in [6.07, 6.45) is 0.996. The minimum absolute atomic E-state index is 0.237. The zero-order chi connectivity index (χ0) is 30.7. The average molecular weight is 574 g/mol. The minimum atomic E-state index is -0.958. The van der Waals surface area contributed by atoms with E-state index < -0.39 is 23.8 Å². The van der Waals surface area contributed by atoms with Gasteiger partial charge in [0.15, 0.2) is 0 Å². The molecule has 0 heterocycles. The summed E-state index contributed by atoms with van der Waals surface area (Å²) in [7, 11) is 1.58. The topological polar surface area (TPSA) is 97.0 Å². The van der Waals surface area contributed by atoms with Crippen molar-refractivity contribution in [3.8, 4) is 5.75 Å². The number of hydrogen-bond donors (Lipinski definition) is 2. The predicted molar refractivity (Wildman–Crippen MR) is 165 cm³/mol. The Labute approximate surface area is 249 Å². The molecule has 0 fully saturated rings. The number of methoxy groups -OCH3 is 1. The molecular formula is C34H43N3O5. The zero-order valence-electron chi connectivity index (χ0n) is 25.5. The van der Waals surface area contributed by atoms with E-state index in [1.807, 2.05) is 61.5 Å². The van der Waals surface area contributed by atoms with Crippen molar-refractivity contribution < 1.29 is 23.9 Å². The molecule has 0 aliphatic carbocycles. The van der Waals surface area contributed by atoms with Crippen molar-refractivity contribution in [3.63, 3.8) is 0 Å². The number of alkyl carbamates (subject to hydrolysis) is 1. The van der Waals surface area contributed by atoms with E-state index in [1.165, 1.54) is 0 Å². The van der Waals surface area contributed by atoms with Crippen LogP contribution in [0.3, 0.4) is 0 Å². The molecule has 0 spiro atoms. The lowest BCUT2D eigenvalue weighted by atomic mass is 9.98. The van der Waals surface area contributed by atoms with E-state index in [4.69, 9.17) is 9.47 Å². The van der Waals surface area contributed by atoms with E-state index in [9.17, 15) is 14.4 Å². The van der Waals surface area contributed by atoms with Crippen LogP contribution in [-0.4, -0.2) is 48.1 Å². The number of carbonyl (C=O) groups is 3. The van der Waals surface area contributed by atoms with Gasteiger partial charge < -0.3 is 25.0 Å². The van der Waals surface area contributed by atoms with Crippen LogP contribution in [0.25, 0.3) is 0 Å². The molecule has 2 atom stereocenters. The van der Waals surface area contributed by atoms with E-state index >= 15 is 0 Å². The largest absolute Gasteiger partial charge is 0.497 e. The average Bonchev–Trinajstić information content (AvgIpc) is 2.96. The molecule has 0 aromatic heterocycles. The van der Waals surface area contributed by atoms with Gasteiger partial charge in [0.25, 0.3) is 5.91 Å². The summed E-state index contributed by atoms with van der Waals surface area (Å²) in [5.41, 5.74) is 2.50. The van der Waals surface area contributed by atoms with Crippen LogP contribution < -0.4 is 15.4 Å². The summed E-state index contributed by atoms with van der Waals surface area (Å²) in [6.45, 7) is 9.62. The summed E-state index contributed by atoms with van der Waals surface area (Å²) in [4.78, 5) is 42.8. The van der Waals surface area contributed by atoms with E-state index in [-0.39, 0.29) is 18.2 Å². The second-order valence-corrected chi connectivity index (χ2v) is 11.1. The molecule has 0 aliphatic heterocycles. The number of hydrogen-bond acceptors (Lipinski definition) is 5. The Balaban J connectivity index is 2.02. The van der Waals surface area contributed by atoms with Crippen molar-refractivity contribution in [2.24, 2.45) is 0 Å². The van der Waals surface area contributed by atoms with Gasteiger partial charge in [-0.15, -0.1) is 0 Å². The van der Waals surface area contributed by atoms with Gasteiger partial charge in [-0.25, -0.2) is 4.79 Å². The van der Waals surface area contributed by atoms with Gasteiger partial charge in [-0.2, -0.15) is 0 Å². The Kier molecular flexibility index (Phi) is 11.5. The fourth-order valence-corrected chi connectivity index (χ4v) is 4.60. The van der Waals surface area contributed by atoms with Crippen LogP contribution in [0.15, 0.2) is 78.9 Å². The molecule has 0 saturated carbocycles. The fraction of sp³-hybridized carbons (Fsp3) is 0.382. The second-order valence-electron chi connectivity index (χ2n) is 11.1. The lowest BCUT2D eigenvalue weighted by Crippen LogP contribution is -2.53. The first-order chi connectivity index (χ1) is 20.0. The Hall–Kier alpha value is -4.33. The summed E-state index contributed by atoms with van der Waals surface area (Å²) in [6, 6.07) is 22.3. The predicted octanol–water partition coefficient (Wildman–Crippen LogP) is 6.31. The Morgan fingerprint density at radius 1 is 0.857 bits per heavy atom. The number of benzene rings is 3. The Morgan fingerprint density at radius 2 is 1.50 bits per heavy atom. The first-order valence-electron chi connectivity index (χ1n) is 14.4. The van der Waals surface area contributed by atoms with Gasteiger partial charge in [-0.05, 0) is 74.6 Å². The molecule has 3 aromatic rings. The van der Waals surface area contributed by atoms with Crippen molar-refractivity contribution >= 4 is 23.6 Å². The third-order valence-corrected chi connectivity index (χ3v) is 6.64. The molecule has 3 rings (SSSR count). The molecule has 2 N–H and O–H groups in total. The molecule has 0 bridgehead atoms. The van der Waals surface area contributed by atoms with E-state index in [1.54, 1.807) is 57.0 Å². The number of carbonyl (C=O) groups excluding carboxylic acids is 3. The maximum Gasteiger partial charge on any atom is 0.408 e. The van der Waals surface area contributed by atoms with Crippen LogP contribution in [-0.2, 0) is 27.2 Å². The highest BCUT2D eigenvalue weighted by Gasteiger charge is 2.36. The molecular weight excluding hydrogens is 530 g/mol. The van der Waals surface area contributed by atoms with Gasteiger partial charge in [-0.3, -0.25) is 9.59 Å². The summed E-state index contributed by atoms with van der Waals surface area (Å²) >= 11 is 0. The van der Waals surface area contributed by atoms with Crippen LogP contribution in [0.4, 0.5) is 10.5 Å². The maximum atomic E-state index is 14.4. The van der Waals surface area contributed by atoms with Crippen LogP contribution in [0.5, 0.6) is 5.75 Å². The Bertz CT molecular complexity index is 1300. The summed E-state index contributed by atoms with van der Waals surface area (Å²) < 4.78 is 10.7. The zero-order valence-corrected chi connectivity index (χ0v) is 25.5. The third kappa shape index (κ3) is 9.36. The monoisotopic (exact) mass is 573 g/mol. The lowest BCUT2D eigenvalue weighted by Gasteiger charge is -2.34. The molecule has 224 valence electrons. The summed E-state index contributed by atoms with van der Waals surface area (Å²) in [5, 5.41) is 5.76. The molecule has 8 nitrogen and oxygen atoms in total. The number of nitrogens with zero attached hydrogens (tertiary/aromatic N) is 1. The maximum absolute atomic E-state index is 14.4. The molecule has 8 heteroatoms. The number of rotatable bonds is 12. The first-order valence-corrected chi connectivity index (χ1v) is 14.4. The van der Waals surface area contributed by atoms with Crippen molar-refractivity contribution in [2.75, 3.05) is 19.0 Å². The number of anilines is 1. The summed E-state index contributed by atoms with van der Waals surface area (Å²) in [5.74, 6) is -0.0672. The van der Waals surface area contributed by atoms with Gasteiger partial charge in [-0.1, -0.05) is 68.4 Å². The number of amides is 3. The van der Waals surface area contributed by atoms with Gasteiger partial charge in [0, 0.05) is 18.7 Å². The van der Waals surface area contributed by atoms with Crippen molar-refractivity contribution in [1.82, 2.24) is 10.2 Å². The minimum Gasteiger partial charge on any atom is -0.497 e. The van der Waals surface area contributed by atoms with Crippen molar-refractivity contribution in [2.45, 2.75) is 71.6 Å². The fourth-order valence-electron chi connectivity index (χ4n) is 4.60.